The van der Waals surface area contributed by atoms with Crippen LogP contribution >= 0.6 is 8.60 Å². The van der Waals surface area contributed by atoms with Crippen molar-refractivity contribution in [2.24, 2.45) is 5.92 Å². The number of unbranched alkanes of at least 4 members (excludes halogenated alkanes) is 3. The lowest BCUT2D eigenvalue weighted by Gasteiger charge is -2.21. The number of alkyl halides is 1. The molecular weight excluding hydrogens is 490 g/mol. The molecule has 0 radical (unpaired) electrons. The van der Waals surface area contributed by atoms with Gasteiger partial charge in [-0.15, -0.1) is 0 Å². The van der Waals surface area contributed by atoms with Crippen LogP contribution in [-0.4, -0.2) is 52.8 Å². The van der Waals surface area contributed by atoms with E-state index < -0.39 is 15.3 Å². The fourth-order valence-corrected chi connectivity index (χ4v) is 4.58. The van der Waals surface area contributed by atoms with Crippen LogP contribution in [0.15, 0.2) is 18.2 Å². The summed E-state index contributed by atoms with van der Waals surface area (Å²) in [7, 11) is -2.66. The van der Waals surface area contributed by atoms with Gasteiger partial charge in [-0.3, -0.25) is 9.59 Å². The first-order valence-electron chi connectivity index (χ1n) is 12.4. The highest BCUT2D eigenvalue weighted by Gasteiger charge is 2.31. The van der Waals surface area contributed by atoms with Gasteiger partial charge in [-0.1, -0.05) is 13.3 Å². The monoisotopic (exact) mass is 528 g/mol. The standard InChI is InChI=1S/C24H38FN4O6P/c1-16(22-17(2)28-24(32)29-22)8-4-5-9-21(30)26-12-6-3-7-13-27-23(31)18-10-11-20(35-36(33)34)19(14-18)15-25/h10-11,14,16-17,22,33-34H,3-9,12-13,15H2,1-2H3,(H,26,30)(H,27,31)(H2,28,29,32). The van der Waals surface area contributed by atoms with Gasteiger partial charge in [0.25, 0.3) is 5.91 Å². The number of benzene rings is 1. The molecule has 4 amide bonds. The van der Waals surface area contributed by atoms with Crippen molar-refractivity contribution in [3.8, 4) is 5.75 Å². The summed E-state index contributed by atoms with van der Waals surface area (Å²) in [5.41, 5.74) is 0.328. The van der Waals surface area contributed by atoms with Crippen LogP contribution in [0.25, 0.3) is 0 Å². The van der Waals surface area contributed by atoms with Gasteiger partial charge in [-0.05, 0) is 63.1 Å². The van der Waals surface area contributed by atoms with Crippen LogP contribution in [0.3, 0.4) is 0 Å². The lowest BCUT2D eigenvalue weighted by Crippen LogP contribution is -2.37. The third-order valence-corrected chi connectivity index (χ3v) is 6.59. The van der Waals surface area contributed by atoms with E-state index in [1.54, 1.807) is 0 Å². The van der Waals surface area contributed by atoms with E-state index in [9.17, 15) is 18.8 Å². The van der Waals surface area contributed by atoms with Crippen molar-refractivity contribution in [1.29, 1.82) is 0 Å². The molecule has 0 spiro atoms. The maximum absolute atomic E-state index is 13.2. The van der Waals surface area contributed by atoms with E-state index in [1.165, 1.54) is 18.2 Å². The third-order valence-electron chi connectivity index (χ3n) is 6.23. The second kappa shape index (κ2) is 15.6. The number of rotatable bonds is 16. The van der Waals surface area contributed by atoms with Gasteiger partial charge in [-0.25, -0.2) is 9.18 Å². The SMILES string of the molecule is CC(CCCCC(=O)NCCCCCNC(=O)c1ccc(OP(O)O)c(CF)c1)C1NC(=O)NC1C. The molecule has 3 unspecified atom stereocenters. The number of hydrogen-bond acceptors (Lipinski definition) is 6. The zero-order valence-corrected chi connectivity index (χ0v) is 21.8. The molecule has 36 heavy (non-hydrogen) atoms. The molecule has 1 aliphatic rings. The Morgan fingerprint density at radius 3 is 2.47 bits per heavy atom. The van der Waals surface area contributed by atoms with E-state index in [2.05, 4.69) is 28.2 Å². The van der Waals surface area contributed by atoms with Crippen LogP contribution in [0.2, 0.25) is 0 Å². The molecule has 202 valence electrons. The molecule has 0 bridgehead atoms. The Bertz CT molecular complexity index is 875. The number of amides is 4. The molecule has 1 aromatic rings. The van der Waals surface area contributed by atoms with Gasteiger partial charge in [0, 0.05) is 36.7 Å². The number of carbonyl (C=O) groups is 3. The minimum atomic E-state index is -2.66. The average molecular weight is 529 g/mol. The van der Waals surface area contributed by atoms with Crippen molar-refractivity contribution in [3.05, 3.63) is 29.3 Å². The fourth-order valence-electron chi connectivity index (χ4n) is 4.23. The van der Waals surface area contributed by atoms with E-state index in [1.807, 2.05) is 6.92 Å². The molecule has 1 aromatic carbocycles. The second-order valence-corrected chi connectivity index (χ2v) is 9.81. The van der Waals surface area contributed by atoms with Gasteiger partial charge >= 0.3 is 14.6 Å². The Morgan fingerprint density at radius 2 is 1.83 bits per heavy atom. The van der Waals surface area contributed by atoms with Gasteiger partial charge in [0.2, 0.25) is 5.91 Å². The van der Waals surface area contributed by atoms with E-state index in [-0.39, 0.29) is 46.8 Å². The summed E-state index contributed by atoms with van der Waals surface area (Å²) in [5.74, 6) is 0.0250. The van der Waals surface area contributed by atoms with E-state index in [0.717, 1.165) is 38.5 Å². The Hall–Kier alpha value is -2.49. The quantitative estimate of drug-likeness (QED) is 0.144. The number of carbonyl (C=O) groups excluding carboxylic acids is 3. The zero-order valence-electron chi connectivity index (χ0n) is 20.9. The van der Waals surface area contributed by atoms with Crippen molar-refractivity contribution in [2.45, 2.75) is 77.6 Å². The first-order chi connectivity index (χ1) is 17.2. The van der Waals surface area contributed by atoms with Gasteiger partial charge in [0.05, 0.1) is 6.04 Å². The topological polar surface area (TPSA) is 149 Å². The third kappa shape index (κ3) is 10.2. The number of urea groups is 1. The number of halogens is 1. The summed E-state index contributed by atoms with van der Waals surface area (Å²) in [5, 5.41) is 11.5. The summed E-state index contributed by atoms with van der Waals surface area (Å²) < 4.78 is 17.9. The van der Waals surface area contributed by atoms with Crippen LogP contribution < -0.4 is 25.8 Å². The highest BCUT2D eigenvalue weighted by molar-refractivity contribution is 7.39. The molecule has 0 aromatic heterocycles. The molecule has 12 heteroatoms. The van der Waals surface area contributed by atoms with Gasteiger partial charge in [-0.2, -0.15) is 0 Å². The van der Waals surface area contributed by atoms with Crippen LogP contribution in [0, 0.1) is 5.92 Å². The highest BCUT2D eigenvalue weighted by atomic mass is 31.2. The molecule has 1 heterocycles. The molecule has 6 N–H and O–H groups in total. The Balaban J connectivity index is 1.51. The summed E-state index contributed by atoms with van der Waals surface area (Å²) >= 11 is 0. The van der Waals surface area contributed by atoms with Gasteiger partial charge < -0.3 is 35.6 Å². The first kappa shape index (κ1) is 29.7. The van der Waals surface area contributed by atoms with Crippen molar-refractivity contribution in [2.75, 3.05) is 13.1 Å². The molecule has 1 saturated heterocycles. The molecule has 10 nitrogen and oxygen atoms in total. The van der Waals surface area contributed by atoms with Crippen molar-refractivity contribution >= 4 is 26.4 Å². The molecular formula is C24H38FN4O6P. The van der Waals surface area contributed by atoms with Crippen LogP contribution in [-0.2, 0) is 11.5 Å². The molecule has 0 saturated carbocycles. The zero-order chi connectivity index (χ0) is 26.5. The molecule has 3 atom stereocenters. The summed E-state index contributed by atoms with van der Waals surface area (Å²) in [6.45, 7) is 4.24. The Morgan fingerprint density at radius 1 is 1.11 bits per heavy atom. The second-order valence-electron chi connectivity index (χ2n) is 9.12. The number of nitrogens with one attached hydrogen (secondary N) is 4. The van der Waals surface area contributed by atoms with Crippen molar-refractivity contribution in [3.63, 3.8) is 0 Å². The molecule has 2 rings (SSSR count). The summed E-state index contributed by atoms with van der Waals surface area (Å²) in [6, 6.07) is 4.23. The van der Waals surface area contributed by atoms with E-state index in [4.69, 9.17) is 14.3 Å². The predicted octanol–water partition coefficient (Wildman–Crippen LogP) is 3.03. The Labute approximate surface area is 212 Å². The summed E-state index contributed by atoms with van der Waals surface area (Å²) in [6.07, 6.45) is 5.54. The lowest BCUT2D eigenvalue weighted by molar-refractivity contribution is -0.121. The van der Waals surface area contributed by atoms with Crippen molar-refractivity contribution < 1.29 is 33.1 Å². The largest absolute Gasteiger partial charge is 0.427 e. The van der Waals surface area contributed by atoms with Crippen LogP contribution in [0.1, 0.15) is 74.7 Å². The maximum atomic E-state index is 13.2. The minimum absolute atomic E-state index is 0.00647. The fraction of sp³-hybridized carbons (Fsp3) is 0.625. The van der Waals surface area contributed by atoms with E-state index in [0.29, 0.717) is 25.4 Å². The molecule has 1 aliphatic heterocycles. The van der Waals surface area contributed by atoms with Crippen molar-refractivity contribution in [1.82, 2.24) is 21.3 Å². The van der Waals surface area contributed by atoms with Gasteiger partial charge in [0.1, 0.15) is 12.4 Å². The molecule has 0 aliphatic carbocycles. The van der Waals surface area contributed by atoms with Crippen LogP contribution in [0.4, 0.5) is 9.18 Å². The lowest BCUT2D eigenvalue weighted by atomic mass is 9.92. The number of hydrogen-bond donors (Lipinski definition) is 6. The minimum Gasteiger partial charge on any atom is -0.427 e. The van der Waals surface area contributed by atoms with E-state index >= 15 is 0 Å². The van der Waals surface area contributed by atoms with Gasteiger partial charge in [0.15, 0.2) is 0 Å². The normalized spacial score (nSPS) is 17.9. The summed E-state index contributed by atoms with van der Waals surface area (Å²) in [4.78, 5) is 53.5. The maximum Gasteiger partial charge on any atom is 0.391 e. The first-order valence-corrected chi connectivity index (χ1v) is 13.5. The predicted molar refractivity (Wildman–Crippen MR) is 135 cm³/mol. The average Bonchev–Trinajstić information content (AvgIpc) is 3.18. The highest BCUT2D eigenvalue weighted by Crippen LogP contribution is 2.32. The van der Waals surface area contributed by atoms with Crippen LogP contribution in [0.5, 0.6) is 5.75 Å². The Kier molecular flexibility index (Phi) is 12.9. The molecule has 1 fully saturated rings. The smallest absolute Gasteiger partial charge is 0.391 e.